The lowest BCUT2D eigenvalue weighted by atomic mass is 9.82. The summed E-state index contributed by atoms with van der Waals surface area (Å²) < 4.78 is 23.9. The summed E-state index contributed by atoms with van der Waals surface area (Å²) in [5, 5.41) is 0. The molecule has 2 aromatic rings. The Bertz CT molecular complexity index is 1220. The van der Waals surface area contributed by atoms with E-state index in [1.807, 2.05) is 48.5 Å². The molecule has 1 aliphatic carbocycles. The molecule has 0 N–H and O–H groups in total. The summed E-state index contributed by atoms with van der Waals surface area (Å²) in [5.41, 5.74) is 2.15. The Balaban J connectivity index is 1.43. The van der Waals surface area contributed by atoms with Crippen LogP contribution in [0.5, 0.6) is 5.75 Å². The molecule has 6 nitrogen and oxygen atoms in total. The zero-order valence-electron chi connectivity index (χ0n) is 27.2. The van der Waals surface area contributed by atoms with Gasteiger partial charge >= 0.3 is 5.97 Å². The van der Waals surface area contributed by atoms with Crippen LogP contribution in [0.3, 0.4) is 0 Å². The van der Waals surface area contributed by atoms with Gasteiger partial charge in [0.25, 0.3) is 0 Å². The van der Waals surface area contributed by atoms with Crippen LogP contribution in [0.1, 0.15) is 101 Å². The molecule has 1 saturated carbocycles. The van der Waals surface area contributed by atoms with E-state index in [9.17, 15) is 9.59 Å². The monoisotopic (exact) mass is 616 g/mol. The molecule has 2 aromatic carbocycles. The maximum atomic E-state index is 12.8. The lowest BCUT2D eigenvalue weighted by Crippen LogP contribution is -2.31. The fourth-order valence-corrected chi connectivity index (χ4v) is 6.59. The molecular formula is C39H52O6. The highest BCUT2D eigenvalue weighted by Crippen LogP contribution is 2.50. The van der Waals surface area contributed by atoms with Gasteiger partial charge in [0.05, 0.1) is 13.2 Å². The van der Waals surface area contributed by atoms with Crippen molar-refractivity contribution in [2.75, 3.05) is 13.7 Å². The van der Waals surface area contributed by atoms with Gasteiger partial charge in [-0.05, 0) is 92.4 Å². The van der Waals surface area contributed by atoms with Crippen LogP contribution in [0.2, 0.25) is 0 Å². The van der Waals surface area contributed by atoms with E-state index < -0.39 is 0 Å². The van der Waals surface area contributed by atoms with Crippen LogP contribution in [0.25, 0.3) is 0 Å². The van der Waals surface area contributed by atoms with Gasteiger partial charge in [-0.2, -0.15) is 0 Å². The number of unbranched alkanes of at least 4 members (excludes halogenated alkanes) is 3. The van der Waals surface area contributed by atoms with Crippen molar-refractivity contribution in [3.63, 3.8) is 0 Å². The minimum Gasteiger partial charge on any atom is -0.496 e. The van der Waals surface area contributed by atoms with Gasteiger partial charge in [0.2, 0.25) is 0 Å². The minimum atomic E-state index is -0.186. The van der Waals surface area contributed by atoms with Crippen LogP contribution >= 0.6 is 0 Å². The SMILES string of the molecule is CCCCCC(=O)/C=C/[C@@H]1[C@H](C/C=C\CCCC(=O)OCc2ccccc2)[C@@H](OC2CCCCO2)C[C@@H]1c1ccccc1OC. The molecule has 2 fully saturated rings. The topological polar surface area (TPSA) is 71.1 Å². The molecule has 1 saturated heterocycles. The number of ketones is 1. The molecular weight excluding hydrogens is 564 g/mol. The zero-order valence-corrected chi connectivity index (χ0v) is 27.2. The number of allylic oxidation sites excluding steroid dienone is 4. The van der Waals surface area contributed by atoms with Crippen LogP contribution < -0.4 is 4.74 Å². The Morgan fingerprint density at radius 1 is 0.956 bits per heavy atom. The van der Waals surface area contributed by atoms with Crippen molar-refractivity contribution in [1.82, 2.24) is 0 Å². The molecule has 0 amide bonds. The lowest BCUT2D eigenvalue weighted by Gasteiger charge is -2.29. The molecule has 5 atom stereocenters. The average Bonchev–Trinajstić information content (AvgIpc) is 3.41. The van der Waals surface area contributed by atoms with Gasteiger partial charge in [-0.25, -0.2) is 0 Å². The highest BCUT2D eigenvalue weighted by Gasteiger charge is 2.44. The van der Waals surface area contributed by atoms with Crippen LogP contribution in [0, 0.1) is 11.8 Å². The molecule has 4 rings (SSSR count). The van der Waals surface area contributed by atoms with Crippen LogP contribution in [-0.2, 0) is 30.4 Å². The van der Waals surface area contributed by atoms with E-state index in [2.05, 4.69) is 37.3 Å². The summed E-state index contributed by atoms with van der Waals surface area (Å²) in [5.74, 6) is 1.35. The first-order valence-corrected chi connectivity index (χ1v) is 17.0. The number of ether oxygens (including phenoxy) is 4. The number of hydrogen-bond acceptors (Lipinski definition) is 6. The summed E-state index contributed by atoms with van der Waals surface area (Å²) in [4.78, 5) is 25.1. The smallest absolute Gasteiger partial charge is 0.306 e. The zero-order chi connectivity index (χ0) is 31.7. The van der Waals surface area contributed by atoms with Gasteiger partial charge in [-0.1, -0.05) is 86.5 Å². The Hall–Kier alpha value is -3.22. The quantitative estimate of drug-likeness (QED) is 0.0721. The summed E-state index contributed by atoms with van der Waals surface area (Å²) in [6.07, 6.45) is 18.6. The standard InChI is InChI=1S/C39H52O6/c1-3-4-8-19-31(40)25-26-32-33(20-11-5-6-12-23-38(41)44-29-30-17-9-7-10-18-30)37(45-39-24-15-16-27-43-39)28-35(32)34-21-13-14-22-36(34)42-2/h5,7,9-11,13-14,17-18,21-22,25-26,32-33,35,37,39H,3-4,6,8,12,15-16,19-20,23-24,27-29H2,1-2H3/b11-5-,26-25+/t32-,33+,35+,37+,39?/m1/s1. The Labute approximate surface area is 270 Å². The molecule has 244 valence electrons. The van der Waals surface area contributed by atoms with Crippen molar-refractivity contribution < 1.29 is 28.5 Å². The molecule has 1 heterocycles. The third-order valence-corrected chi connectivity index (χ3v) is 9.03. The van der Waals surface area contributed by atoms with Crippen molar-refractivity contribution in [1.29, 1.82) is 0 Å². The second-order valence-corrected chi connectivity index (χ2v) is 12.3. The number of carbonyl (C=O) groups is 2. The molecule has 0 bridgehead atoms. The molecule has 1 aliphatic heterocycles. The molecule has 45 heavy (non-hydrogen) atoms. The van der Waals surface area contributed by atoms with E-state index >= 15 is 0 Å². The molecule has 1 unspecified atom stereocenters. The van der Waals surface area contributed by atoms with Gasteiger partial charge < -0.3 is 18.9 Å². The number of carbonyl (C=O) groups excluding carboxylic acids is 2. The average molecular weight is 617 g/mol. The van der Waals surface area contributed by atoms with E-state index in [0.29, 0.717) is 19.4 Å². The number of methoxy groups -OCH3 is 1. The van der Waals surface area contributed by atoms with E-state index in [1.165, 1.54) is 0 Å². The first-order chi connectivity index (χ1) is 22.1. The summed E-state index contributed by atoms with van der Waals surface area (Å²) in [7, 11) is 1.72. The minimum absolute atomic E-state index is 0.00882. The second kappa shape index (κ2) is 19.3. The van der Waals surface area contributed by atoms with E-state index in [4.69, 9.17) is 18.9 Å². The molecule has 0 spiro atoms. The predicted octanol–water partition coefficient (Wildman–Crippen LogP) is 8.89. The van der Waals surface area contributed by atoms with Crippen molar-refractivity contribution >= 4 is 11.8 Å². The van der Waals surface area contributed by atoms with Crippen LogP contribution in [0.15, 0.2) is 78.9 Å². The third-order valence-electron chi connectivity index (χ3n) is 9.03. The first kappa shape index (κ1) is 34.6. The van der Waals surface area contributed by atoms with Crippen molar-refractivity contribution in [3.05, 3.63) is 90.0 Å². The predicted molar refractivity (Wildman–Crippen MR) is 178 cm³/mol. The number of hydrogen-bond donors (Lipinski definition) is 0. The fourth-order valence-electron chi connectivity index (χ4n) is 6.59. The second-order valence-electron chi connectivity index (χ2n) is 12.3. The normalized spacial score (nSPS) is 23.5. The molecule has 2 aliphatic rings. The molecule has 0 radical (unpaired) electrons. The van der Waals surface area contributed by atoms with E-state index in [0.717, 1.165) is 87.7 Å². The summed E-state index contributed by atoms with van der Waals surface area (Å²) in [6, 6.07) is 18.0. The maximum Gasteiger partial charge on any atom is 0.306 e. The van der Waals surface area contributed by atoms with Crippen LogP contribution in [0.4, 0.5) is 0 Å². The van der Waals surface area contributed by atoms with Crippen molar-refractivity contribution in [3.8, 4) is 5.75 Å². The van der Waals surface area contributed by atoms with Gasteiger partial charge in [0, 0.05) is 19.4 Å². The van der Waals surface area contributed by atoms with E-state index in [1.54, 1.807) is 7.11 Å². The van der Waals surface area contributed by atoms with Gasteiger partial charge in [0.1, 0.15) is 12.4 Å². The van der Waals surface area contributed by atoms with E-state index in [-0.39, 0.29) is 41.9 Å². The van der Waals surface area contributed by atoms with Crippen molar-refractivity contribution in [2.24, 2.45) is 11.8 Å². The Morgan fingerprint density at radius 2 is 1.78 bits per heavy atom. The molecule has 6 heteroatoms. The Morgan fingerprint density at radius 3 is 2.56 bits per heavy atom. The summed E-state index contributed by atoms with van der Waals surface area (Å²) >= 11 is 0. The maximum absolute atomic E-state index is 12.8. The molecule has 0 aromatic heterocycles. The number of para-hydroxylation sites is 1. The summed E-state index contributed by atoms with van der Waals surface area (Å²) in [6.45, 7) is 3.20. The fraction of sp³-hybridized carbons (Fsp3) is 0.538. The highest BCUT2D eigenvalue weighted by atomic mass is 16.7. The number of benzene rings is 2. The lowest BCUT2D eigenvalue weighted by molar-refractivity contribution is -0.195. The highest BCUT2D eigenvalue weighted by molar-refractivity contribution is 5.89. The van der Waals surface area contributed by atoms with Crippen molar-refractivity contribution in [2.45, 2.75) is 109 Å². The third kappa shape index (κ3) is 11.3. The largest absolute Gasteiger partial charge is 0.496 e. The number of esters is 1. The van der Waals surface area contributed by atoms with Crippen LogP contribution in [-0.4, -0.2) is 37.9 Å². The Kier molecular flexibility index (Phi) is 14.9. The number of rotatable bonds is 18. The first-order valence-electron chi connectivity index (χ1n) is 17.0. The van der Waals surface area contributed by atoms with Gasteiger partial charge in [-0.3, -0.25) is 9.59 Å². The van der Waals surface area contributed by atoms with Gasteiger partial charge in [-0.15, -0.1) is 0 Å². The van der Waals surface area contributed by atoms with Gasteiger partial charge in [0.15, 0.2) is 12.1 Å².